The highest BCUT2D eigenvalue weighted by Gasteiger charge is 2.42. The van der Waals surface area contributed by atoms with Gasteiger partial charge in [0, 0.05) is 56.0 Å². The van der Waals surface area contributed by atoms with E-state index in [1.165, 1.54) is 14.2 Å². The first kappa shape index (κ1) is 41.3. The first-order valence-corrected chi connectivity index (χ1v) is 21.7. The summed E-state index contributed by atoms with van der Waals surface area (Å²) in [5, 5.41) is 6.59. The van der Waals surface area contributed by atoms with Crippen molar-refractivity contribution in [1.29, 1.82) is 0 Å². The Hall–Kier alpha value is -6.07. The maximum Gasteiger partial charge on any atom is 0.407 e. The van der Waals surface area contributed by atoms with E-state index in [2.05, 4.69) is 32.7 Å². The van der Waals surface area contributed by atoms with Crippen molar-refractivity contribution in [3.63, 3.8) is 0 Å². The number of pyridine rings is 1. The Balaban J connectivity index is 0.900. The molecule has 326 valence electrons. The van der Waals surface area contributed by atoms with Gasteiger partial charge in [0.15, 0.2) is 0 Å². The quantitative estimate of drug-likeness (QED) is 0.132. The second-order valence-electron chi connectivity index (χ2n) is 16.6. The highest BCUT2D eigenvalue weighted by Crippen LogP contribution is 2.36. The molecule has 0 spiro atoms. The minimum Gasteiger partial charge on any atom is -0.453 e. The first-order valence-electron chi connectivity index (χ1n) is 21.7. The van der Waals surface area contributed by atoms with Crippen molar-refractivity contribution >= 4 is 45.9 Å². The molecular weight excluding hydrogens is 795 g/mol. The van der Waals surface area contributed by atoms with Crippen molar-refractivity contribution < 1.29 is 38.1 Å². The highest BCUT2D eigenvalue weighted by molar-refractivity contribution is 5.89. The fourth-order valence-corrected chi connectivity index (χ4v) is 9.67. The molecule has 4 amide bonds. The van der Waals surface area contributed by atoms with Crippen molar-refractivity contribution in [2.75, 3.05) is 53.7 Å². The van der Waals surface area contributed by atoms with Gasteiger partial charge in [-0.15, -0.1) is 0 Å². The Morgan fingerprint density at radius 3 is 1.87 bits per heavy atom. The first-order chi connectivity index (χ1) is 30.3. The molecule has 4 aliphatic heterocycles. The fraction of sp³-hybridized carbons (Fsp3) is 0.489. The van der Waals surface area contributed by atoms with Crippen LogP contribution in [0.1, 0.15) is 75.1 Å². The maximum atomic E-state index is 14.1. The van der Waals surface area contributed by atoms with Gasteiger partial charge in [-0.25, -0.2) is 24.5 Å². The van der Waals surface area contributed by atoms with Crippen LogP contribution in [0.25, 0.3) is 44.5 Å². The number of fused-ring (bicyclic) bond motifs is 2. The number of amides is 4. The molecule has 17 nitrogen and oxygen atoms in total. The number of aromatic amines is 2. The van der Waals surface area contributed by atoms with E-state index in [0.29, 0.717) is 71.0 Å². The van der Waals surface area contributed by atoms with Crippen LogP contribution in [0.2, 0.25) is 0 Å². The summed E-state index contributed by atoms with van der Waals surface area (Å²) in [4.78, 5) is 78.1. The number of carbonyl (C=O) groups is 4. The molecule has 9 rings (SSSR count). The summed E-state index contributed by atoms with van der Waals surface area (Å²) < 4.78 is 20.8. The average molecular weight is 848 g/mol. The molecule has 4 N–H and O–H groups in total. The Bertz CT molecular complexity index is 2440. The number of rotatable bonds is 10. The number of methoxy groups -OCH3 is 2. The van der Waals surface area contributed by atoms with E-state index in [1.54, 1.807) is 6.20 Å². The number of aromatic nitrogens is 5. The van der Waals surface area contributed by atoms with Crippen LogP contribution in [-0.2, 0) is 28.5 Å². The lowest BCUT2D eigenvalue weighted by Gasteiger charge is -2.34. The van der Waals surface area contributed by atoms with Crippen LogP contribution in [0.5, 0.6) is 0 Å². The molecule has 0 unspecified atom stereocenters. The number of ether oxygens (including phenoxy) is 4. The van der Waals surface area contributed by atoms with Gasteiger partial charge in [-0.3, -0.25) is 9.59 Å². The highest BCUT2D eigenvalue weighted by atomic mass is 16.5. The summed E-state index contributed by atoms with van der Waals surface area (Å²) in [7, 11) is 2.61. The van der Waals surface area contributed by atoms with E-state index in [4.69, 9.17) is 33.9 Å². The number of imidazole rings is 2. The molecule has 3 aromatic heterocycles. The van der Waals surface area contributed by atoms with Crippen LogP contribution >= 0.6 is 0 Å². The predicted octanol–water partition coefficient (Wildman–Crippen LogP) is 5.80. The van der Waals surface area contributed by atoms with Crippen LogP contribution < -0.4 is 10.6 Å². The van der Waals surface area contributed by atoms with Gasteiger partial charge in [0.2, 0.25) is 11.8 Å². The summed E-state index contributed by atoms with van der Waals surface area (Å²) in [6, 6.07) is 14.3. The van der Waals surface area contributed by atoms with E-state index in [1.807, 2.05) is 46.2 Å². The summed E-state index contributed by atoms with van der Waals surface area (Å²) in [6.45, 7) is 3.36. The zero-order valence-electron chi connectivity index (χ0n) is 35.1. The fourth-order valence-electron chi connectivity index (χ4n) is 9.67. The minimum atomic E-state index is -0.699. The predicted molar refractivity (Wildman–Crippen MR) is 228 cm³/mol. The van der Waals surface area contributed by atoms with Crippen LogP contribution in [0.4, 0.5) is 9.59 Å². The second-order valence-corrected chi connectivity index (χ2v) is 16.6. The van der Waals surface area contributed by atoms with Crippen LogP contribution in [-0.4, -0.2) is 125 Å². The van der Waals surface area contributed by atoms with Crippen molar-refractivity contribution in [1.82, 2.24) is 45.4 Å². The summed E-state index contributed by atoms with van der Waals surface area (Å²) in [6.07, 6.45) is 6.50. The molecule has 17 heteroatoms. The molecule has 4 saturated heterocycles. The Morgan fingerprint density at radius 1 is 0.677 bits per heavy atom. The molecule has 0 aliphatic carbocycles. The molecule has 0 saturated carbocycles. The Morgan fingerprint density at radius 2 is 1.26 bits per heavy atom. The maximum absolute atomic E-state index is 14.1. The molecule has 0 radical (unpaired) electrons. The number of H-pyrrole nitrogens is 2. The van der Waals surface area contributed by atoms with E-state index in [0.717, 1.165) is 76.0 Å². The Labute approximate surface area is 358 Å². The molecule has 4 aliphatic rings. The van der Waals surface area contributed by atoms with Crippen molar-refractivity contribution in [3.05, 3.63) is 66.4 Å². The van der Waals surface area contributed by atoms with Gasteiger partial charge >= 0.3 is 12.2 Å². The van der Waals surface area contributed by atoms with E-state index in [9.17, 15) is 19.2 Å². The number of nitrogens with zero attached hydrogens (tertiary/aromatic N) is 5. The number of hydrogen-bond acceptors (Lipinski definition) is 11. The van der Waals surface area contributed by atoms with Crippen LogP contribution in [0.3, 0.4) is 0 Å². The van der Waals surface area contributed by atoms with Crippen LogP contribution in [0, 0.1) is 11.8 Å². The smallest absolute Gasteiger partial charge is 0.407 e. The molecule has 4 atom stereocenters. The number of carbonyl (C=O) groups excluding carboxylic acids is 4. The van der Waals surface area contributed by atoms with Crippen LogP contribution in [0.15, 0.2) is 54.7 Å². The van der Waals surface area contributed by atoms with E-state index < -0.39 is 24.3 Å². The number of hydrogen-bond donors (Lipinski definition) is 4. The van der Waals surface area contributed by atoms with Gasteiger partial charge in [0.25, 0.3) is 0 Å². The monoisotopic (exact) mass is 847 g/mol. The number of alkyl carbamates (subject to hydrolysis) is 2. The molecule has 4 fully saturated rings. The van der Waals surface area contributed by atoms with Gasteiger partial charge in [-0.1, -0.05) is 18.2 Å². The lowest BCUT2D eigenvalue weighted by Crippen LogP contribution is -2.53. The van der Waals surface area contributed by atoms with Crippen molar-refractivity contribution in [2.45, 2.75) is 75.5 Å². The topological polar surface area (TPSA) is 206 Å². The van der Waals surface area contributed by atoms with Crippen molar-refractivity contribution in [2.24, 2.45) is 11.8 Å². The second kappa shape index (κ2) is 18.1. The summed E-state index contributed by atoms with van der Waals surface area (Å²) in [5.41, 5.74) is 5.99. The minimum absolute atomic E-state index is 0.0378. The lowest BCUT2D eigenvalue weighted by atomic mass is 9.90. The van der Waals surface area contributed by atoms with Gasteiger partial charge in [-0.05, 0) is 93.5 Å². The Kier molecular flexibility index (Phi) is 12.1. The van der Waals surface area contributed by atoms with Gasteiger partial charge in [0.05, 0.1) is 60.4 Å². The third-order valence-corrected chi connectivity index (χ3v) is 13.0. The normalized spacial score (nSPS) is 20.9. The number of nitrogens with one attached hydrogen (secondary N) is 4. The van der Waals surface area contributed by atoms with E-state index in [-0.39, 0.29) is 35.7 Å². The zero-order valence-corrected chi connectivity index (χ0v) is 35.1. The lowest BCUT2D eigenvalue weighted by molar-refractivity contribution is -0.137. The molecule has 0 bridgehead atoms. The SMILES string of the molecule is COC(=O)N[C@H](C(=O)N1CCC[C@H]1c1ncc(-c2ccc3nc(-c4ccc5nc([C@@H]6CCCN6C(=O)[C@@H](NC(=O)OC)C6CCOCC6)[nH]c5c4)ccc3c2)[nH]1)C1CCOCC1. The third kappa shape index (κ3) is 8.42. The summed E-state index contributed by atoms with van der Waals surface area (Å²) >= 11 is 0. The molecule has 5 aromatic rings. The van der Waals surface area contributed by atoms with Gasteiger partial charge in [-0.2, -0.15) is 0 Å². The van der Waals surface area contributed by atoms with Gasteiger partial charge in [0.1, 0.15) is 23.7 Å². The van der Waals surface area contributed by atoms with Gasteiger partial charge < -0.3 is 49.3 Å². The summed E-state index contributed by atoms with van der Waals surface area (Å²) in [5.74, 6) is 1.10. The van der Waals surface area contributed by atoms with Crippen molar-refractivity contribution in [3.8, 4) is 22.5 Å². The molecule has 7 heterocycles. The largest absolute Gasteiger partial charge is 0.453 e. The zero-order chi connectivity index (χ0) is 42.7. The third-order valence-electron chi connectivity index (χ3n) is 13.0. The molecular formula is C45H53N9O8. The average Bonchev–Trinajstić information content (AvgIpc) is 4.16. The number of benzene rings is 2. The number of likely N-dealkylation sites (tertiary alicyclic amines) is 2. The molecule has 62 heavy (non-hydrogen) atoms. The van der Waals surface area contributed by atoms with E-state index >= 15 is 0 Å². The molecule has 2 aromatic carbocycles. The standard InChI is InChI=1S/C45H53N9O8/c1-59-44(57)51-38(26-13-19-61-20-14-26)42(55)53-17-3-5-36(53)40-46-25-35(50-40)29-8-11-31-28(23-29)7-10-32(47-31)30-9-12-33-34(24-30)49-41(48-33)37-6-4-18-54(37)43(56)39(52-45(58)60-2)27-15-21-62-22-16-27/h7-12,23-27,36-39H,3-6,13-22H2,1-2H3,(H,46,50)(H,48,49)(H,51,57)(H,52,58)/t36-,37-,38-,39-/m0/s1.